The SMILES string of the molecule is O=C(O)CCC(=O)NCc1ccccc1-c1ccc([C@H]2O[C@@H](CN3CCC4(CC3)C(=O)NCN4c3ccccc3)C[C@@H](c3ccc(CO)cc3)O2)cc1. The lowest BCUT2D eigenvalue weighted by atomic mass is 9.85. The molecule has 0 aliphatic carbocycles. The van der Waals surface area contributed by atoms with Crippen molar-refractivity contribution in [3.05, 3.63) is 125 Å². The molecule has 276 valence electrons. The first-order valence-corrected chi connectivity index (χ1v) is 18.3. The number of hydrogen-bond donors (Lipinski definition) is 4. The summed E-state index contributed by atoms with van der Waals surface area (Å²) in [6, 6.07) is 33.9. The minimum Gasteiger partial charge on any atom is -0.481 e. The molecule has 3 aliphatic rings. The zero-order valence-electron chi connectivity index (χ0n) is 29.7. The molecular weight excluding hydrogens is 672 g/mol. The molecule has 4 aromatic carbocycles. The van der Waals surface area contributed by atoms with Crippen molar-refractivity contribution in [2.75, 3.05) is 31.2 Å². The van der Waals surface area contributed by atoms with Crippen molar-refractivity contribution >= 4 is 23.5 Å². The number of nitrogens with zero attached hydrogens (tertiary/aromatic N) is 2. The van der Waals surface area contributed by atoms with Crippen molar-refractivity contribution in [3.63, 3.8) is 0 Å². The van der Waals surface area contributed by atoms with Crippen molar-refractivity contribution in [1.82, 2.24) is 15.5 Å². The lowest BCUT2D eigenvalue weighted by Crippen LogP contribution is -2.57. The number of likely N-dealkylation sites (tertiary alicyclic amines) is 1. The zero-order valence-corrected chi connectivity index (χ0v) is 29.7. The molecule has 0 saturated carbocycles. The number of carbonyl (C=O) groups is 3. The molecule has 4 aromatic rings. The highest BCUT2D eigenvalue weighted by molar-refractivity contribution is 5.93. The standard InChI is InChI=1S/C42H46N4O7/c47-27-29-10-12-31(13-11-29)37-24-35(26-45-22-20-42(21-23-45)41(51)44-28-46(42)34-7-2-1-3-8-34)52-40(53-37)32-16-14-30(15-17-32)36-9-5-4-6-33(36)25-43-38(48)18-19-39(49)50/h1-17,35,37,40,47H,18-28H2,(H,43,48)(H,44,51)(H,49,50)/t35-,37+,40+/m1/s1. The van der Waals surface area contributed by atoms with Gasteiger partial charge in [-0.25, -0.2) is 0 Å². The normalized spacial score (nSPS) is 21.3. The number of piperidine rings is 1. The van der Waals surface area contributed by atoms with E-state index >= 15 is 0 Å². The highest BCUT2D eigenvalue weighted by atomic mass is 16.7. The minimum atomic E-state index is -1.00. The van der Waals surface area contributed by atoms with Crippen LogP contribution in [0.5, 0.6) is 0 Å². The van der Waals surface area contributed by atoms with Crippen LogP contribution in [0.1, 0.15) is 66.8 Å². The third-order valence-corrected chi connectivity index (χ3v) is 10.7. The van der Waals surface area contributed by atoms with Gasteiger partial charge >= 0.3 is 5.97 Å². The van der Waals surface area contributed by atoms with Crippen LogP contribution in [0.3, 0.4) is 0 Å². The average molecular weight is 719 g/mol. The van der Waals surface area contributed by atoms with Gasteiger partial charge in [0.05, 0.1) is 31.9 Å². The number of aliphatic hydroxyl groups is 1. The number of amides is 2. The van der Waals surface area contributed by atoms with Crippen LogP contribution < -0.4 is 15.5 Å². The second-order valence-corrected chi connectivity index (χ2v) is 14.1. The molecular formula is C42H46N4O7. The molecule has 11 heteroatoms. The summed E-state index contributed by atoms with van der Waals surface area (Å²) < 4.78 is 13.3. The maximum absolute atomic E-state index is 13.3. The summed E-state index contributed by atoms with van der Waals surface area (Å²) in [7, 11) is 0. The Morgan fingerprint density at radius 3 is 2.26 bits per heavy atom. The summed E-state index contributed by atoms with van der Waals surface area (Å²) in [6.45, 7) is 3.02. The second-order valence-electron chi connectivity index (χ2n) is 14.1. The number of nitrogens with one attached hydrogen (secondary N) is 2. The van der Waals surface area contributed by atoms with Crippen molar-refractivity contribution in [2.24, 2.45) is 0 Å². The van der Waals surface area contributed by atoms with Crippen LogP contribution in [0.25, 0.3) is 11.1 Å². The molecule has 0 aromatic heterocycles. The smallest absolute Gasteiger partial charge is 0.303 e. The number of anilines is 1. The predicted molar refractivity (Wildman–Crippen MR) is 199 cm³/mol. The molecule has 11 nitrogen and oxygen atoms in total. The van der Waals surface area contributed by atoms with Gasteiger partial charge in [-0.15, -0.1) is 0 Å². The van der Waals surface area contributed by atoms with Crippen LogP contribution in [-0.2, 0) is 37.0 Å². The Kier molecular flexibility index (Phi) is 11.2. The lowest BCUT2D eigenvalue weighted by Gasteiger charge is -2.45. The summed E-state index contributed by atoms with van der Waals surface area (Å²) in [4.78, 5) is 40.9. The molecule has 1 spiro atoms. The van der Waals surface area contributed by atoms with Crippen LogP contribution in [0, 0.1) is 0 Å². The molecule has 3 heterocycles. The maximum atomic E-state index is 13.3. The summed E-state index contributed by atoms with van der Waals surface area (Å²) in [5, 5.41) is 24.5. The number of aliphatic hydroxyl groups excluding tert-OH is 1. The quantitative estimate of drug-likeness (QED) is 0.154. The Bertz CT molecular complexity index is 1880. The number of hydrogen-bond acceptors (Lipinski definition) is 8. The number of carboxylic acids is 1. The van der Waals surface area contributed by atoms with Crippen molar-refractivity contribution in [3.8, 4) is 11.1 Å². The number of para-hydroxylation sites is 1. The molecule has 53 heavy (non-hydrogen) atoms. The predicted octanol–water partition coefficient (Wildman–Crippen LogP) is 5.30. The fourth-order valence-electron chi connectivity index (χ4n) is 7.74. The van der Waals surface area contributed by atoms with Crippen LogP contribution in [0.15, 0.2) is 103 Å². The van der Waals surface area contributed by atoms with E-state index in [0.29, 0.717) is 19.6 Å². The highest BCUT2D eigenvalue weighted by Crippen LogP contribution is 2.40. The third kappa shape index (κ3) is 8.29. The fourth-order valence-corrected chi connectivity index (χ4v) is 7.74. The third-order valence-electron chi connectivity index (χ3n) is 10.7. The van der Waals surface area contributed by atoms with E-state index < -0.39 is 17.8 Å². The largest absolute Gasteiger partial charge is 0.481 e. The molecule has 0 radical (unpaired) electrons. The van der Waals surface area contributed by atoms with Crippen LogP contribution >= 0.6 is 0 Å². The Balaban J connectivity index is 1.05. The second kappa shape index (κ2) is 16.3. The van der Waals surface area contributed by atoms with Crippen LogP contribution in [-0.4, -0.2) is 70.8 Å². The summed E-state index contributed by atoms with van der Waals surface area (Å²) in [6.07, 6.45) is 0.879. The first-order valence-electron chi connectivity index (χ1n) is 18.3. The van der Waals surface area contributed by atoms with Crippen LogP contribution in [0.4, 0.5) is 5.69 Å². The van der Waals surface area contributed by atoms with Gasteiger partial charge in [0.1, 0.15) is 5.54 Å². The molecule has 3 saturated heterocycles. The molecule has 2 amide bonds. The number of carbonyl (C=O) groups excluding carboxylic acids is 2. The number of ether oxygens (including phenoxy) is 2. The Morgan fingerprint density at radius 2 is 1.55 bits per heavy atom. The number of benzene rings is 4. The van der Waals surface area contributed by atoms with Gasteiger partial charge in [-0.1, -0.05) is 91.0 Å². The fraction of sp³-hybridized carbons (Fsp3) is 0.357. The molecule has 7 rings (SSSR count). The van der Waals surface area contributed by atoms with Crippen molar-refractivity contribution in [2.45, 2.75) is 69.3 Å². The van der Waals surface area contributed by atoms with Crippen molar-refractivity contribution < 1.29 is 34.1 Å². The van der Waals surface area contributed by atoms with Crippen molar-refractivity contribution in [1.29, 1.82) is 0 Å². The number of aliphatic carboxylic acids is 1. The first-order chi connectivity index (χ1) is 25.8. The van der Waals surface area contributed by atoms with Gasteiger partial charge < -0.3 is 40.1 Å². The Hall–Kier alpha value is -5.07. The first kappa shape index (κ1) is 36.3. The summed E-state index contributed by atoms with van der Waals surface area (Å²) in [5.41, 5.74) is 6.10. The van der Waals surface area contributed by atoms with Gasteiger partial charge in [-0.05, 0) is 52.8 Å². The van der Waals surface area contributed by atoms with E-state index in [1.54, 1.807) is 0 Å². The summed E-state index contributed by atoms with van der Waals surface area (Å²) in [5.74, 6) is -1.21. The minimum absolute atomic E-state index is 0.0249. The number of rotatable bonds is 12. The Labute approximate surface area is 309 Å². The van der Waals surface area contributed by atoms with E-state index in [1.165, 1.54) is 0 Å². The molecule has 4 N–H and O–H groups in total. The highest BCUT2D eigenvalue weighted by Gasteiger charge is 2.50. The monoisotopic (exact) mass is 718 g/mol. The van der Waals surface area contributed by atoms with E-state index in [0.717, 1.165) is 65.0 Å². The van der Waals surface area contributed by atoms with E-state index in [1.807, 2.05) is 91.0 Å². The van der Waals surface area contributed by atoms with Gasteiger partial charge in [0.25, 0.3) is 0 Å². The zero-order chi connectivity index (χ0) is 36.8. The molecule has 0 unspecified atom stereocenters. The molecule has 0 bridgehead atoms. The maximum Gasteiger partial charge on any atom is 0.303 e. The van der Waals surface area contributed by atoms with E-state index in [4.69, 9.17) is 14.6 Å². The van der Waals surface area contributed by atoms with Gasteiger partial charge in [-0.2, -0.15) is 0 Å². The average Bonchev–Trinajstić information content (AvgIpc) is 3.51. The van der Waals surface area contributed by atoms with E-state index in [2.05, 4.69) is 32.6 Å². The van der Waals surface area contributed by atoms with E-state index in [9.17, 15) is 19.5 Å². The van der Waals surface area contributed by atoms with Gasteiger partial charge in [0.2, 0.25) is 11.8 Å². The molecule has 3 aliphatic heterocycles. The van der Waals surface area contributed by atoms with Crippen LogP contribution in [0.2, 0.25) is 0 Å². The Morgan fingerprint density at radius 1 is 0.849 bits per heavy atom. The summed E-state index contributed by atoms with van der Waals surface area (Å²) >= 11 is 0. The van der Waals surface area contributed by atoms with Gasteiger partial charge in [0.15, 0.2) is 6.29 Å². The number of carboxylic acid groups (broad SMARTS) is 1. The molecule has 3 fully saturated rings. The van der Waals surface area contributed by atoms with E-state index in [-0.39, 0.29) is 50.0 Å². The molecule has 3 atom stereocenters. The van der Waals surface area contributed by atoms with Gasteiger partial charge in [0, 0.05) is 50.3 Å². The van der Waals surface area contributed by atoms with Gasteiger partial charge in [-0.3, -0.25) is 14.4 Å². The topological polar surface area (TPSA) is 141 Å². The lowest BCUT2D eigenvalue weighted by molar-refractivity contribution is -0.253.